The highest BCUT2D eigenvalue weighted by Gasteiger charge is 2.03. The number of allylic oxidation sites excluding steroid dienone is 2. The van der Waals surface area contributed by atoms with Gasteiger partial charge in [0, 0.05) is 6.42 Å². The van der Waals surface area contributed by atoms with Gasteiger partial charge in [-0.3, -0.25) is 4.79 Å². The number of hydrogen-bond acceptors (Lipinski definition) is 3. The van der Waals surface area contributed by atoms with E-state index >= 15 is 0 Å². The van der Waals surface area contributed by atoms with Crippen molar-refractivity contribution in [1.29, 1.82) is 0 Å². The average Bonchev–Trinajstić information content (AvgIpc) is 2.49. The zero-order chi connectivity index (χ0) is 14.8. The van der Waals surface area contributed by atoms with Gasteiger partial charge in [-0.2, -0.15) is 0 Å². The van der Waals surface area contributed by atoms with Crippen LogP contribution in [-0.4, -0.2) is 20.0 Å². The number of hydrogen-bond donors (Lipinski definition) is 0. The van der Waals surface area contributed by atoms with E-state index in [1.54, 1.807) is 20.3 Å². The van der Waals surface area contributed by atoms with E-state index in [1.807, 2.05) is 24.3 Å². The van der Waals surface area contributed by atoms with Crippen molar-refractivity contribution >= 4 is 5.78 Å². The van der Waals surface area contributed by atoms with Gasteiger partial charge >= 0.3 is 0 Å². The van der Waals surface area contributed by atoms with Gasteiger partial charge in [-0.1, -0.05) is 25.5 Å². The standard InChI is InChI=1S/C17H24O3/c1-4-5-9-15(18)10-7-6-8-14-11-12-16(19-2)17(13-14)20-3/h7,10-13H,4-6,8-9H2,1-3H3. The van der Waals surface area contributed by atoms with Gasteiger partial charge < -0.3 is 9.47 Å². The number of carbonyl (C=O) groups is 1. The van der Waals surface area contributed by atoms with Gasteiger partial charge in [-0.05, 0) is 43.0 Å². The zero-order valence-corrected chi connectivity index (χ0v) is 12.6. The van der Waals surface area contributed by atoms with Crippen LogP contribution in [0.15, 0.2) is 30.4 Å². The fourth-order valence-electron chi connectivity index (χ4n) is 1.94. The number of methoxy groups -OCH3 is 2. The number of benzene rings is 1. The van der Waals surface area contributed by atoms with Crippen molar-refractivity contribution < 1.29 is 14.3 Å². The topological polar surface area (TPSA) is 35.5 Å². The molecule has 1 rings (SSSR count). The first-order valence-corrected chi connectivity index (χ1v) is 7.11. The summed E-state index contributed by atoms with van der Waals surface area (Å²) in [7, 11) is 3.26. The molecule has 110 valence electrons. The maximum Gasteiger partial charge on any atom is 0.160 e. The lowest BCUT2D eigenvalue weighted by atomic mass is 10.1. The Bertz CT molecular complexity index is 450. The van der Waals surface area contributed by atoms with Crippen molar-refractivity contribution in [1.82, 2.24) is 0 Å². The second kappa shape index (κ2) is 9.18. The Morgan fingerprint density at radius 3 is 2.60 bits per heavy atom. The molecule has 0 bridgehead atoms. The quantitative estimate of drug-likeness (QED) is 0.641. The van der Waals surface area contributed by atoms with Crippen LogP contribution in [0.1, 0.15) is 38.2 Å². The summed E-state index contributed by atoms with van der Waals surface area (Å²) in [5.41, 5.74) is 1.17. The number of ketones is 1. The first-order valence-electron chi connectivity index (χ1n) is 7.11. The Kier molecular flexibility index (Phi) is 7.48. The molecular weight excluding hydrogens is 252 g/mol. The minimum absolute atomic E-state index is 0.221. The summed E-state index contributed by atoms with van der Waals surface area (Å²) in [6.45, 7) is 2.09. The normalized spacial score (nSPS) is 10.8. The highest BCUT2D eigenvalue weighted by Crippen LogP contribution is 2.27. The highest BCUT2D eigenvalue weighted by atomic mass is 16.5. The second-order valence-corrected chi connectivity index (χ2v) is 4.70. The molecule has 0 atom stereocenters. The van der Waals surface area contributed by atoms with Gasteiger partial charge in [-0.25, -0.2) is 0 Å². The molecule has 3 nitrogen and oxygen atoms in total. The van der Waals surface area contributed by atoms with Crippen LogP contribution < -0.4 is 9.47 Å². The predicted molar refractivity (Wildman–Crippen MR) is 81.5 cm³/mol. The fraction of sp³-hybridized carbons (Fsp3) is 0.471. The van der Waals surface area contributed by atoms with Crippen LogP contribution in [0.25, 0.3) is 0 Å². The van der Waals surface area contributed by atoms with Gasteiger partial charge in [-0.15, -0.1) is 0 Å². The smallest absolute Gasteiger partial charge is 0.160 e. The van der Waals surface area contributed by atoms with Crippen LogP contribution in [0.4, 0.5) is 0 Å². The maximum atomic E-state index is 11.5. The Morgan fingerprint density at radius 1 is 1.20 bits per heavy atom. The molecule has 3 heteroatoms. The number of aryl methyl sites for hydroxylation is 1. The van der Waals surface area contributed by atoms with Gasteiger partial charge in [0.25, 0.3) is 0 Å². The third kappa shape index (κ3) is 5.47. The van der Waals surface area contributed by atoms with Gasteiger partial charge in [0.2, 0.25) is 0 Å². The number of unbranched alkanes of at least 4 members (excludes halogenated alkanes) is 1. The first kappa shape index (κ1) is 16.3. The molecule has 0 amide bonds. The lowest BCUT2D eigenvalue weighted by Crippen LogP contribution is -1.93. The predicted octanol–water partition coefficient (Wildman–Crippen LogP) is 3.95. The van der Waals surface area contributed by atoms with Crippen LogP contribution >= 0.6 is 0 Å². The summed E-state index contributed by atoms with van der Waals surface area (Å²) in [5, 5.41) is 0. The van der Waals surface area contributed by atoms with E-state index in [-0.39, 0.29) is 5.78 Å². The van der Waals surface area contributed by atoms with E-state index in [4.69, 9.17) is 9.47 Å². The Labute approximate surface area is 121 Å². The molecule has 0 aliphatic rings. The zero-order valence-electron chi connectivity index (χ0n) is 12.6. The Morgan fingerprint density at radius 2 is 1.95 bits per heavy atom. The van der Waals surface area contributed by atoms with Gasteiger partial charge in [0.05, 0.1) is 14.2 Å². The molecule has 1 aromatic rings. The van der Waals surface area contributed by atoms with Crippen molar-refractivity contribution in [3.8, 4) is 11.5 Å². The first-order chi connectivity index (χ1) is 9.71. The molecule has 1 aromatic carbocycles. The summed E-state index contributed by atoms with van der Waals surface area (Å²) in [4.78, 5) is 11.5. The van der Waals surface area contributed by atoms with E-state index < -0.39 is 0 Å². The molecule has 20 heavy (non-hydrogen) atoms. The third-order valence-electron chi connectivity index (χ3n) is 3.13. The summed E-state index contributed by atoms with van der Waals surface area (Å²) < 4.78 is 10.5. The SMILES string of the molecule is CCCCC(=O)C=CCCc1ccc(OC)c(OC)c1. The van der Waals surface area contributed by atoms with E-state index in [0.717, 1.165) is 37.2 Å². The van der Waals surface area contributed by atoms with E-state index in [2.05, 4.69) is 6.92 Å². The minimum atomic E-state index is 0.221. The number of rotatable bonds is 9. The molecular formula is C17H24O3. The number of carbonyl (C=O) groups excluding carboxylic acids is 1. The van der Waals surface area contributed by atoms with Crippen molar-refractivity contribution in [3.63, 3.8) is 0 Å². The molecule has 0 spiro atoms. The highest BCUT2D eigenvalue weighted by molar-refractivity contribution is 5.89. The van der Waals surface area contributed by atoms with Crippen molar-refractivity contribution in [3.05, 3.63) is 35.9 Å². The molecule has 0 radical (unpaired) electrons. The molecule has 0 N–H and O–H groups in total. The Hall–Kier alpha value is -1.77. The summed E-state index contributed by atoms with van der Waals surface area (Å²) in [6, 6.07) is 5.91. The van der Waals surface area contributed by atoms with Crippen LogP contribution in [0.3, 0.4) is 0 Å². The van der Waals surface area contributed by atoms with Crippen LogP contribution in [-0.2, 0) is 11.2 Å². The summed E-state index contributed by atoms with van der Waals surface area (Å²) in [6.07, 6.45) is 8.09. The second-order valence-electron chi connectivity index (χ2n) is 4.70. The molecule has 0 unspecified atom stereocenters. The molecule has 0 heterocycles. The minimum Gasteiger partial charge on any atom is -0.493 e. The van der Waals surface area contributed by atoms with Crippen LogP contribution in [0.2, 0.25) is 0 Å². The Balaban J connectivity index is 2.46. The average molecular weight is 276 g/mol. The maximum absolute atomic E-state index is 11.5. The largest absolute Gasteiger partial charge is 0.493 e. The van der Waals surface area contributed by atoms with Crippen molar-refractivity contribution in [2.75, 3.05) is 14.2 Å². The molecule has 0 saturated heterocycles. The molecule has 0 aromatic heterocycles. The third-order valence-corrected chi connectivity index (χ3v) is 3.13. The van der Waals surface area contributed by atoms with E-state index in [0.29, 0.717) is 6.42 Å². The molecule has 0 saturated carbocycles. The summed E-state index contributed by atoms with van der Waals surface area (Å²) in [5.74, 6) is 1.70. The monoisotopic (exact) mass is 276 g/mol. The lowest BCUT2D eigenvalue weighted by molar-refractivity contribution is -0.114. The molecule has 0 fully saturated rings. The van der Waals surface area contributed by atoms with Crippen molar-refractivity contribution in [2.45, 2.75) is 39.0 Å². The van der Waals surface area contributed by atoms with Gasteiger partial charge in [0.15, 0.2) is 17.3 Å². The lowest BCUT2D eigenvalue weighted by Gasteiger charge is -2.08. The molecule has 0 aliphatic heterocycles. The number of ether oxygens (including phenoxy) is 2. The van der Waals surface area contributed by atoms with Gasteiger partial charge in [0.1, 0.15) is 0 Å². The van der Waals surface area contributed by atoms with E-state index in [9.17, 15) is 4.79 Å². The van der Waals surface area contributed by atoms with E-state index in [1.165, 1.54) is 5.56 Å². The van der Waals surface area contributed by atoms with Crippen molar-refractivity contribution in [2.24, 2.45) is 0 Å². The van der Waals surface area contributed by atoms with Crippen LogP contribution in [0, 0.1) is 0 Å². The van der Waals surface area contributed by atoms with Crippen LogP contribution in [0.5, 0.6) is 11.5 Å². The molecule has 0 aliphatic carbocycles. The summed E-state index contributed by atoms with van der Waals surface area (Å²) >= 11 is 0. The fourth-order valence-corrected chi connectivity index (χ4v) is 1.94.